The molecule has 1 fully saturated rings. The van der Waals surface area contributed by atoms with E-state index in [9.17, 15) is 4.79 Å². The standard InChI is InChI=1S/C7H12N6O/c1-13(5-2-3-8-4-5)7(14)6-9-11-12-10-6/h5,8H,2-4H2,1H3,(H,9,10,11,12). The Bertz CT molecular complexity index is 304. The van der Waals surface area contributed by atoms with Crippen LogP contribution in [0.1, 0.15) is 17.0 Å². The Morgan fingerprint density at radius 1 is 1.64 bits per heavy atom. The zero-order chi connectivity index (χ0) is 9.97. The highest BCUT2D eigenvalue weighted by Crippen LogP contribution is 2.08. The first-order valence-electron chi connectivity index (χ1n) is 4.50. The zero-order valence-corrected chi connectivity index (χ0v) is 7.90. The summed E-state index contributed by atoms with van der Waals surface area (Å²) in [6, 6.07) is 0.237. The third kappa shape index (κ3) is 1.58. The quantitative estimate of drug-likeness (QED) is 0.609. The summed E-state index contributed by atoms with van der Waals surface area (Å²) in [6.45, 7) is 1.79. The molecule has 0 saturated carbocycles. The second kappa shape index (κ2) is 3.70. The Hall–Kier alpha value is -1.50. The summed E-state index contributed by atoms with van der Waals surface area (Å²) in [4.78, 5) is 13.4. The third-order valence-electron chi connectivity index (χ3n) is 2.44. The van der Waals surface area contributed by atoms with E-state index in [0.717, 1.165) is 19.5 Å². The molecule has 1 unspecified atom stereocenters. The number of H-pyrrole nitrogens is 1. The van der Waals surface area contributed by atoms with Gasteiger partial charge in [0.2, 0.25) is 0 Å². The highest BCUT2D eigenvalue weighted by Gasteiger charge is 2.25. The van der Waals surface area contributed by atoms with Crippen molar-refractivity contribution in [2.24, 2.45) is 0 Å². The van der Waals surface area contributed by atoms with Crippen LogP contribution in [0.3, 0.4) is 0 Å². The molecule has 1 saturated heterocycles. The number of carbonyl (C=O) groups is 1. The van der Waals surface area contributed by atoms with Crippen molar-refractivity contribution in [1.82, 2.24) is 30.8 Å². The van der Waals surface area contributed by atoms with Crippen LogP contribution in [-0.2, 0) is 0 Å². The van der Waals surface area contributed by atoms with Gasteiger partial charge in [-0.1, -0.05) is 0 Å². The zero-order valence-electron chi connectivity index (χ0n) is 7.90. The van der Waals surface area contributed by atoms with Gasteiger partial charge in [0.05, 0.1) is 0 Å². The van der Waals surface area contributed by atoms with Gasteiger partial charge in [0.25, 0.3) is 11.7 Å². The van der Waals surface area contributed by atoms with E-state index in [4.69, 9.17) is 0 Å². The molecule has 7 nitrogen and oxygen atoms in total. The van der Waals surface area contributed by atoms with Crippen LogP contribution in [-0.4, -0.2) is 57.6 Å². The van der Waals surface area contributed by atoms with E-state index in [1.54, 1.807) is 11.9 Å². The molecular formula is C7H12N6O. The molecule has 0 bridgehead atoms. The van der Waals surface area contributed by atoms with Gasteiger partial charge in [-0.05, 0) is 18.2 Å². The van der Waals surface area contributed by atoms with Crippen molar-refractivity contribution in [3.63, 3.8) is 0 Å². The molecule has 7 heteroatoms. The summed E-state index contributed by atoms with van der Waals surface area (Å²) in [5, 5.41) is 16.1. The van der Waals surface area contributed by atoms with Crippen LogP contribution in [0.25, 0.3) is 0 Å². The van der Waals surface area contributed by atoms with Gasteiger partial charge in [-0.2, -0.15) is 5.21 Å². The molecule has 2 N–H and O–H groups in total. The van der Waals surface area contributed by atoms with Crippen molar-refractivity contribution < 1.29 is 4.79 Å². The average molecular weight is 196 g/mol. The first-order chi connectivity index (χ1) is 6.79. The van der Waals surface area contributed by atoms with Crippen molar-refractivity contribution in [2.45, 2.75) is 12.5 Å². The van der Waals surface area contributed by atoms with Gasteiger partial charge in [-0.3, -0.25) is 4.79 Å². The lowest BCUT2D eigenvalue weighted by Crippen LogP contribution is -2.38. The van der Waals surface area contributed by atoms with E-state index in [0.29, 0.717) is 0 Å². The van der Waals surface area contributed by atoms with Gasteiger partial charge >= 0.3 is 0 Å². The lowest BCUT2D eigenvalue weighted by molar-refractivity contribution is 0.0731. The summed E-state index contributed by atoms with van der Waals surface area (Å²) < 4.78 is 0. The number of nitrogens with zero attached hydrogens (tertiary/aromatic N) is 4. The predicted molar refractivity (Wildman–Crippen MR) is 47.5 cm³/mol. The minimum Gasteiger partial charge on any atom is -0.335 e. The molecule has 1 aliphatic rings. The van der Waals surface area contributed by atoms with Crippen LogP contribution in [0.5, 0.6) is 0 Å². The van der Waals surface area contributed by atoms with Crippen molar-refractivity contribution in [3.05, 3.63) is 5.82 Å². The minimum atomic E-state index is -0.188. The fourth-order valence-corrected chi connectivity index (χ4v) is 1.55. The van der Waals surface area contributed by atoms with Crippen LogP contribution < -0.4 is 5.32 Å². The van der Waals surface area contributed by atoms with E-state index >= 15 is 0 Å². The summed E-state index contributed by atoms with van der Waals surface area (Å²) >= 11 is 0. The van der Waals surface area contributed by atoms with Gasteiger partial charge in [0.1, 0.15) is 0 Å². The molecule has 1 aromatic rings. The molecule has 2 rings (SSSR count). The Morgan fingerprint density at radius 3 is 3.07 bits per heavy atom. The summed E-state index contributed by atoms with van der Waals surface area (Å²) in [7, 11) is 1.76. The number of rotatable bonds is 2. The fraction of sp³-hybridized carbons (Fsp3) is 0.714. The highest BCUT2D eigenvalue weighted by atomic mass is 16.2. The van der Waals surface area contributed by atoms with Crippen LogP contribution >= 0.6 is 0 Å². The molecular weight excluding hydrogens is 184 g/mol. The maximum Gasteiger partial charge on any atom is 0.295 e. The molecule has 14 heavy (non-hydrogen) atoms. The summed E-state index contributed by atoms with van der Waals surface area (Å²) in [5.74, 6) is -0.0631. The smallest absolute Gasteiger partial charge is 0.295 e. The number of aromatic nitrogens is 4. The molecule has 0 spiro atoms. The van der Waals surface area contributed by atoms with Crippen molar-refractivity contribution in [3.8, 4) is 0 Å². The molecule has 76 valence electrons. The number of hydrogen-bond acceptors (Lipinski definition) is 5. The predicted octanol–water partition coefficient (Wildman–Crippen LogP) is -1.37. The van der Waals surface area contributed by atoms with E-state index in [1.807, 2.05) is 0 Å². The fourth-order valence-electron chi connectivity index (χ4n) is 1.55. The first-order valence-corrected chi connectivity index (χ1v) is 4.50. The van der Waals surface area contributed by atoms with E-state index in [1.165, 1.54) is 0 Å². The van der Waals surface area contributed by atoms with E-state index in [-0.39, 0.29) is 17.8 Å². The van der Waals surface area contributed by atoms with Gasteiger partial charge in [0.15, 0.2) is 0 Å². The maximum atomic E-state index is 11.7. The van der Waals surface area contributed by atoms with Gasteiger partial charge in [-0.15, -0.1) is 10.2 Å². The third-order valence-corrected chi connectivity index (χ3v) is 2.44. The van der Waals surface area contributed by atoms with Crippen LogP contribution in [0.15, 0.2) is 0 Å². The minimum absolute atomic E-state index is 0.124. The molecule has 0 radical (unpaired) electrons. The second-order valence-electron chi connectivity index (χ2n) is 3.30. The SMILES string of the molecule is CN(C(=O)c1nn[nH]n1)C1CCNC1. The molecule has 2 heterocycles. The van der Waals surface area contributed by atoms with Crippen LogP contribution in [0.4, 0.5) is 0 Å². The van der Waals surface area contributed by atoms with Gasteiger partial charge < -0.3 is 10.2 Å². The number of tetrazole rings is 1. The Morgan fingerprint density at radius 2 is 2.50 bits per heavy atom. The number of nitrogens with one attached hydrogen (secondary N) is 2. The van der Waals surface area contributed by atoms with Crippen molar-refractivity contribution in [1.29, 1.82) is 0 Å². The molecule has 0 aliphatic carbocycles. The monoisotopic (exact) mass is 196 g/mol. The van der Waals surface area contributed by atoms with Gasteiger partial charge in [0, 0.05) is 19.6 Å². The summed E-state index contributed by atoms with van der Waals surface area (Å²) in [5.41, 5.74) is 0. The lowest BCUT2D eigenvalue weighted by atomic mass is 10.2. The summed E-state index contributed by atoms with van der Waals surface area (Å²) in [6.07, 6.45) is 0.972. The van der Waals surface area contributed by atoms with Crippen molar-refractivity contribution >= 4 is 5.91 Å². The van der Waals surface area contributed by atoms with Gasteiger partial charge in [-0.25, -0.2) is 0 Å². The van der Waals surface area contributed by atoms with E-state index in [2.05, 4.69) is 25.9 Å². The number of hydrogen-bond donors (Lipinski definition) is 2. The maximum absolute atomic E-state index is 11.7. The topological polar surface area (TPSA) is 86.8 Å². The van der Waals surface area contributed by atoms with Crippen molar-refractivity contribution in [2.75, 3.05) is 20.1 Å². The largest absolute Gasteiger partial charge is 0.335 e. The normalized spacial score (nSPS) is 21.1. The second-order valence-corrected chi connectivity index (χ2v) is 3.30. The molecule has 1 atom stereocenters. The Kier molecular flexibility index (Phi) is 2.40. The first kappa shape index (κ1) is 9.07. The number of carbonyl (C=O) groups excluding carboxylic acids is 1. The molecule has 1 aliphatic heterocycles. The molecule has 1 aromatic heterocycles. The Balaban J connectivity index is 2.04. The number of amides is 1. The van der Waals surface area contributed by atoms with Crippen LogP contribution in [0.2, 0.25) is 0 Å². The molecule has 0 aromatic carbocycles. The molecule has 1 amide bonds. The number of likely N-dealkylation sites (N-methyl/N-ethyl adjacent to an activating group) is 1. The average Bonchev–Trinajstić information content (AvgIpc) is 2.87. The Labute approximate surface area is 80.9 Å². The lowest BCUT2D eigenvalue weighted by Gasteiger charge is -2.21. The number of aromatic amines is 1. The van der Waals surface area contributed by atoms with Crippen LogP contribution in [0, 0.1) is 0 Å². The highest BCUT2D eigenvalue weighted by molar-refractivity contribution is 5.90. The van der Waals surface area contributed by atoms with E-state index < -0.39 is 0 Å².